The van der Waals surface area contributed by atoms with Crippen molar-refractivity contribution in [3.05, 3.63) is 0 Å². The number of hydrogen-bond donors (Lipinski definition) is 3. The van der Waals surface area contributed by atoms with Crippen LogP contribution in [0.4, 0.5) is 0 Å². The van der Waals surface area contributed by atoms with Crippen LogP contribution in [0.2, 0.25) is 0 Å². The van der Waals surface area contributed by atoms with Gasteiger partial charge < -0.3 is 15.7 Å². The molecule has 18 heavy (non-hydrogen) atoms. The van der Waals surface area contributed by atoms with Gasteiger partial charge in [0.05, 0.1) is 6.04 Å². The highest BCUT2D eigenvalue weighted by Gasteiger charge is 2.11. The lowest BCUT2D eigenvalue weighted by atomic mass is 10.1. The summed E-state index contributed by atoms with van der Waals surface area (Å²) in [5.41, 5.74) is 0. The molecule has 0 aromatic rings. The summed E-state index contributed by atoms with van der Waals surface area (Å²) in [5.74, 6) is 1.04. The Kier molecular flexibility index (Phi) is 9.98. The van der Waals surface area contributed by atoms with Crippen molar-refractivity contribution in [2.75, 3.05) is 19.7 Å². The number of nitrogens with one attached hydrogen (secondary N) is 2. The Morgan fingerprint density at radius 2 is 1.78 bits per heavy atom. The van der Waals surface area contributed by atoms with Crippen molar-refractivity contribution in [3.8, 4) is 0 Å². The molecule has 0 rings (SSSR count). The van der Waals surface area contributed by atoms with Crippen molar-refractivity contribution >= 4 is 5.91 Å². The molecule has 0 saturated heterocycles. The molecule has 0 aromatic carbocycles. The quantitative estimate of drug-likeness (QED) is 0.521. The summed E-state index contributed by atoms with van der Waals surface area (Å²) >= 11 is 0. The predicted octanol–water partition coefficient (Wildman–Crippen LogP) is 1.54. The first-order chi connectivity index (χ1) is 8.47. The van der Waals surface area contributed by atoms with Gasteiger partial charge in [-0.05, 0) is 44.6 Å². The molecular weight excluding hydrogens is 228 g/mol. The molecule has 0 heterocycles. The maximum Gasteiger partial charge on any atom is 0.236 e. The zero-order chi connectivity index (χ0) is 14.0. The summed E-state index contributed by atoms with van der Waals surface area (Å²) in [6.07, 6.45) is 3.00. The molecule has 108 valence electrons. The molecular formula is C14H30N2O2. The first-order valence-electron chi connectivity index (χ1n) is 7.09. The van der Waals surface area contributed by atoms with Crippen molar-refractivity contribution in [3.63, 3.8) is 0 Å². The second kappa shape index (κ2) is 10.3. The van der Waals surface area contributed by atoms with E-state index in [4.69, 9.17) is 5.11 Å². The molecule has 0 aliphatic rings. The highest BCUT2D eigenvalue weighted by atomic mass is 16.3. The summed E-state index contributed by atoms with van der Waals surface area (Å²) in [4.78, 5) is 11.7. The summed E-state index contributed by atoms with van der Waals surface area (Å²) in [6.45, 7) is 10.0. The van der Waals surface area contributed by atoms with E-state index in [2.05, 4.69) is 24.5 Å². The van der Waals surface area contributed by atoms with Gasteiger partial charge in [0.1, 0.15) is 0 Å². The highest BCUT2D eigenvalue weighted by Crippen LogP contribution is 2.02. The third-order valence-corrected chi connectivity index (χ3v) is 3.05. The Hall–Kier alpha value is -0.610. The van der Waals surface area contributed by atoms with E-state index in [1.54, 1.807) is 0 Å². The van der Waals surface area contributed by atoms with Crippen LogP contribution in [0.25, 0.3) is 0 Å². The Morgan fingerprint density at radius 3 is 2.33 bits per heavy atom. The maximum absolute atomic E-state index is 11.7. The van der Waals surface area contributed by atoms with E-state index in [-0.39, 0.29) is 18.6 Å². The van der Waals surface area contributed by atoms with Gasteiger partial charge in [-0.15, -0.1) is 0 Å². The Morgan fingerprint density at radius 1 is 1.11 bits per heavy atom. The minimum atomic E-state index is -0.137. The van der Waals surface area contributed by atoms with Crippen molar-refractivity contribution < 1.29 is 9.90 Å². The predicted molar refractivity (Wildman–Crippen MR) is 75.4 cm³/mol. The average molecular weight is 258 g/mol. The first-order valence-corrected chi connectivity index (χ1v) is 7.09. The number of amides is 1. The standard InChI is InChI=1S/C14H30N2O2/c1-11(2)7-9-16-14(18)13(4)15-8-5-6-12(3)10-17/h11-13,15,17H,5-10H2,1-4H3,(H,16,18). The van der Waals surface area contributed by atoms with Crippen molar-refractivity contribution in [2.24, 2.45) is 11.8 Å². The molecule has 4 nitrogen and oxygen atoms in total. The molecule has 0 bridgehead atoms. The monoisotopic (exact) mass is 258 g/mol. The van der Waals surface area contributed by atoms with Crippen molar-refractivity contribution in [2.45, 2.75) is 53.0 Å². The minimum Gasteiger partial charge on any atom is -0.396 e. The molecule has 0 aliphatic carbocycles. The molecule has 3 N–H and O–H groups in total. The van der Waals surface area contributed by atoms with Crippen LogP contribution < -0.4 is 10.6 Å². The normalized spacial score (nSPS) is 14.6. The van der Waals surface area contributed by atoms with E-state index in [1.165, 1.54) is 0 Å². The lowest BCUT2D eigenvalue weighted by molar-refractivity contribution is -0.122. The second-order valence-electron chi connectivity index (χ2n) is 5.58. The molecule has 2 unspecified atom stereocenters. The molecule has 2 atom stereocenters. The SMILES string of the molecule is CC(C)CCNC(=O)C(C)NCCCC(C)CO. The van der Waals surface area contributed by atoms with Crippen LogP contribution in [0.1, 0.15) is 47.0 Å². The van der Waals surface area contributed by atoms with E-state index < -0.39 is 0 Å². The zero-order valence-corrected chi connectivity index (χ0v) is 12.3. The van der Waals surface area contributed by atoms with Gasteiger partial charge in [-0.3, -0.25) is 4.79 Å². The van der Waals surface area contributed by atoms with E-state index in [0.717, 1.165) is 32.4 Å². The number of rotatable bonds is 10. The van der Waals surface area contributed by atoms with E-state index in [9.17, 15) is 4.79 Å². The van der Waals surface area contributed by atoms with Crippen LogP contribution in [0.15, 0.2) is 0 Å². The Labute approximate surface area is 112 Å². The fourth-order valence-corrected chi connectivity index (χ4v) is 1.59. The van der Waals surface area contributed by atoms with Gasteiger partial charge in [0, 0.05) is 13.2 Å². The van der Waals surface area contributed by atoms with Gasteiger partial charge >= 0.3 is 0 Å². The van der Waals surface area contributed by atoms with Gasteiger partial charge in [0.25, 0.3) is 0 Å². The van der Waals surface area contributed by atoms with Crippen LogP contribution in [-0.2, 0) is 4.79 Å². The summed E-state index contributed by atoms with van der Waals surface area (Å²) < 4.78 is 0. The van der Waals surface area contributed by atoms with Gasteiger partial charge in [0.2, 0.25) is 5.91 Å². The fourth-order valence-electron chi connectivity index (χ4n) is 1.59. The van der Waals surface area contributed by atoms with Crippen LogP contribution in [0.5, 0.6) is 0 Å². The van der Waals surface area contributed by atoms with Crippen LogP contribution in [-0.4, -0.2) is 36.8 Å². The molecule has 0 saturated carbocycles. The molecule has 1 amide bonds. The molecule has 0 radical (unpaired) electrons. The van der Waals surface area contributed by atoms with E-state index in [1.807, 2.05) is 13.8 Å². The first kappa shape index (κ1) is 17.4. The molecule has 4 heteroatoms. The molecule has 0 aliphatic heterocycles. The molecule has 0 spiro atoms. The average Bonchev–Trinajstić information content (AvgIpc) is 2.33. The number of carbonyl (C=O) groups is 1. The third kappa shape index (κ3) is 9.42. The maximum atomic E-state index is 11.7. The molecule has 0 aromatic heterocycles. The van der Waals surface area contributed by atoms with Crippen LogP contribution in [0.3, 0.4) is 0 Å². The smallest absolute Gasteiger partial charge is 0.236 e. The lowest BCUT2D eigenvalue weighted by Crippen LogP contribution is -2.43. The van der Waals surface area contributed by atoms with Crippen LogP contribution >= 0.6 is 0 Å². The second-order valence-corrected chi connectivity index (χ2v) is 5.58. The Balaban J connectivity index is 3.55. The summed E-state index contributed by atoms with van der Waals surface area (Å²) in [5, 5.41) is 15.0. The lowest BCUT2D eigenvalue weighted by Gasteiger charge is -2.15. The fraction of sp³-hybridized carbons (Fsp3) is 0.929. The summed E-state index contributed by atoms with van der Waals surface area (Å²) in [6, 6.07) is -0.137. The number of aliphatic hydroxyl groups is 1. The zero-order valence-electron chi connectivity index (χ0n) is 12.3. The number of hydrogen-bond acceptors (Lipinski definition) is 3. The van der Waals surface area contributed by atoms with Gasteiger partial charge in [-0.25, -0.2) is 0 Å². The van der Waals surface area contributed by atoms with Gasteiger partial charge in [-0.2, -0.15) is 0 Å². The third-order valence-electron chi connectivity index (χ3n) is 3.05. The Bertz CT molecular complexity index is 220. The number of carbonyl (C=O) groups excluding carboxylic acids is 1. The highest BCUT2D eigenvalue weighted by molar-refractivity contribution is 5.81. The van der Waals surface area contributed by atoms with Crippen molar-refractivity contribution in [1.82, 2.24) is 10.6 Å². The largest absolute Gasteiger partial charge is 0.396 e. The van der Waals surface area contributed by atoms with E-state index in [0.29, 0.717) is 11.8 Å². The summed E-state index contributed by atoms with van der Waals surface area (Å²) in [7, 11) is 0. The van der Waals surface area contributed by atoms with Crippen LogP contribution in [0, 0.1) is 11.8 Å². The number of aliphatic hydroxyl groups excluding tert-OH is 1. The van der Waals surface area contributed by atoms with Gasteiger partial charge in [-0.1, -0.05) is 20.8 Å². The molecule has 0 fully saturated rings. The topological polar surface area (TPSA) is 61.4 Å². The van der Waals surface area contributed by atoms with Gasteiger partial charge in [0.15, 0.2) is 0 Å². The van der Waals surface area contributed by atoms with E-state index >= 15 is 0 Å². The minimum absolute atomic E-state index is 0.0749. The van der Waals surface area contributed by atoms with Crippen molar-refractivity contribution in [1.29, 1.82) is 0 Å².